The Kier molecular flexibility index (Phi) is 5.65. The third-order valence-electron chi connectivity index (χ3n) is 4.04. The number of phenols is 1. The van der Waals surface area contributed by atoms with Crippen LogP contribution in [0.25, 0.3) is 10.8 Å². The van der Waals surface area contributed by atoms with E-state index in [2.05, 4.69) is 5.32 Å². The molecule has 0 unspecified atom stereocenters. The number of hydrogen-bond acceptors (Lipinski definition) is 6. The Morgan fingerprint density at radius 3 is 2.32 bits per heavy atom. The summed E-state index contributed by atoms with van der Waals surface area (Å²) >= 11 is 6.06. The molecule has 3 rings (SSSR count). The highest BCUT2D eigenvalue weighted by atomic mass is 35.5. The van der Waals surface area contributed by atoms with Gasteiger partial charge in [-0.15, -0.1) is 0 Å². The Hall–Kier alpha value is -3.32. The van der Waals surface area contributed by atoms with Gasteiger partial charge < -0.3 is 24.1 Å². The fraction of sp³-hybridized carbons (Fsp3) is 0.150. The van der Waals surface area contributed by atoms with E-state index in [9.17, 15) is 9.90 Å². The number of amides is 1. The van der Waals surface area contributed by atoms with Crippen molar-refractivity contribution in [1.29, 1.82) is 0 Å². The minimum Gasteiger partial charge on any atom is -0.504 e. The first-order chi connectivity index (χ1) is 13.4. The second kappa shape index (κ2) is 8.14. The Morgan fingerprint density at radius 1 is 0.893 bits per heavy atom. The van der Waals surface area contributed by atoms with Crippen molar-refractivity contribution in [1.82, 2.24) is 0 Å². The lowest BCUT2D eigenvalue weighted by molar-refractivity contribution is 0.213. The van der Waals surface area contributed by atoms with Crippen LogP contribution in [0.2, 0.25) is 5.02 Å². The molecule has 0 bridgehead atoms. The fourth-order valence-corrected chi connectivity index (χ4v) is 2.88. The smallest absolute Gasteiger partial charge is 0.417 e. The molecule has 0 saturated carbocycles. The number of rotatable bonds is 5. The number of anilines is 1. The zero-order valence-electron chi connectivity index (χ0n) is 15.4. The molecule has 0 fully saturated rings. The molecule has 0 saturated heterocycles. The van der Waals surface area contributed by atoms with Crippen molar-refractivity contribution in [3.63, 3.8) is 0 Å². The maximum atomic E-state index is 12.3. The molecule has 0 aromatic heterocycles. The van der Waals surface area contributed by atoms with Gasteiger partial charge in [0.25, 0.3) is 0 Å². The largest absolute Gasteiger partial charge is 0.504 e. The van der Waals surface area contributed by atoms with Gasteiger partial charge in [0.2, 0.25) is 0 Å². The van der Waals surface area contributed by atoms with Gasteiger partial charge in [-0.1, -0.05) is 17.7 Å². The van der Waals surface area contributed by atoms with Crippen molar-refractivity contribution in [2.24, 2.45) is 0 Å². The molecule has 0 spiro atoms. The summed E-state index contributed by atoms with van der Waals surface area (Å²) in [6, 6.07) is 11.4. The topological polar surface area (TPSA) is 86.2 Å². The molecule has 0 aliphatic heterocycles. The molecule has 146 valence electrons. The molecule has 0 aliphatic rings. The van der Waals surface area contributed by atoms with Gasteiger partial charge in [0.15, 0.2) is 11.5 Å². The molecule has 28 heavy (non-hydrogen) atoms. The van der Waals surface area contributed by atoms with Gasteiger partial charge in [0.1, 0.15) is 17.2 Å². The molecular weight excluding hydrogens is 386 g/mol. The zero-order valence-corrected chi connectivity index (χ0v) is 16.2. The number of nitrogens with one attached hydrogen (secondary N) is 1. The maximum Gasteiger partial charge on any atom is 0.417 e. The van der Waals surface area contributed by atoms with Gasteiger partial charge >= 0.3 is 6.09 Å². The molecule has 0 heterocycles. The molecule has 7 nitrogen and oxygen atoms in total. The summed E-state index contributed by atoms with van der Waals surface area (Å²) in [5.41, 5.74) is 0.302. The first-order valence-corrected chi connectivity index (χ1v) is 8.54. The quantitative estimate of drug-likeness (QED) is 0.634. The highest BCUT2D eigenvalue weighted by Crippen LogP contribution is 2.37. The van der Waals surface area contributed by atoms with Crippen molar-refractivity contribution in [3.05, 3.63) is 47.5 Å². The Bertz CT molecular complexity index is 1040. The van der Waals surface area contributed by atoms with Crippen molar-refractivity contribution >= 4 is 34.2 Å². The van der Waals surface area contributed by atoms with Crippen molar-refractivity contribution in [2.75, 3.05) is 26.6 Å². The van der Waals surface area contributed by atoms with Crippen LogP contribution in [0.4, 0.5) is 10.5 Å². The molecule has 0 radical (unpaired) electrons. The molecular formula is C20H18ClNO6. The first kappa shape index (κ1) is 19.4. The Labute approximate surface area is 166 Å². The predicted octanol–water partition coefficient (Wildman–Crippen LogP) is 4.84. The van der Waals surface area contributed by atoms with Gasteiger partial charge in [-0.2, -0.15) is 0 Å². The Morgan fingerprint density at radius 2 is 1.64 bits per heavy atom. The number of ether oxygens (including phenoxy) is 4. The standard InChI is InChI=1S/C20H18ClNO6/c1-25-13-5-4-11-7-16(23)19(8-12(11)6-13)28-20(24)22-15-10-17(26-2)14(21)9-18(15)27-3/h4-10,23H,1-3H3,(H,22,24). The molecule has 3 aromatic carbocycles. The lowest BCUT2D eigenvalue weighted by atomic mass is 10.1. The van der Waals surface area contributed by atoms with Crippen LogP contribution in [-0.4, -0.2) is 32.5 Å². The van der Waals surface area contributed by atoms with E-state index in [4.69, 9.17) is 30.5 Å². The number of benzene rings is 3. The van der Waals surface area contributed by atoms with Gasteiger partial charge in [-0.05, 0) is 35.0 Å². The molecule has 0 aliphatic carbocycles. The van der Waals surface area contributed by atoms with Crippen LogP contribution in [0.3, 0.4) is 0 Å². The van der Waals surface area contributed by atoms with Crippen molar-refractivity contribution in [3.8, 4) is 28.7 Å². The average Bonchev–Trinajstić information content (AvgIpc) is 2.69. The van der Waals surface area contributed by atoms with Crippen LogP contribution >= 0.6 is 11.6 Å². The maximum absolute atomic E-state index is 12.3. The number of aromatic hydroxyl groups is 1. The third kappa shape index (κ3) is 3.99. The number of methoxy groups -OCH3 is 3. The number of carbonyl (C=O) groups excluding carboxylic acids is 1. The van der Waals surface area contributed by atoms with Crippen LogP contribution in [0.15, 0.2) is 42.5 Å². The fourth-order valence-electron chi connectivity index (χ4n) is 2.65. The molecule has 1 amide bonds. The van der Waals surface area contributed by atoms with E-state index >= 15 is 0 Å². The third-order valence-corrected chi connectivity index (χ3v) is 4.33. The lowest BCUT2D eigenvalue weighted by Crippen LogP contribution is -2.17. The summed E-state index contributed by atoms with van der Waals surface area (Å²) in [7, 11) is 4.45. The normalized spacial score (nSPS) is 10.4. The number of hydrogen-bond donors (Lipinski definition) is 2. The van der Waals surface area contributed by atoms with E-state index in [1.807, 2.05) is 0 Å². The van der Waals surface area contributed by atoms with E-state index in [0.29, 0.717) is 28.0 Å². The van der Waals surface area contributed by atoms with Crippen LogP contribution in [0.5, 0.6) is 28.7 Å². The number of phenolic OH excluding ortho intramolecular Hbond substituents is 1. The predicted molar refractivity (Wildman–Crippen MR) is 106 cm³/mol. The monoisotopic (exact) mass is 403 g/mol. The summed E-state index contributed by atoms with van der Waals surface area (Å²) in [5, 5.41) is 14.6. The number of halogens is 1. The molecule has 3 aromatic rings. The number of fused-ring (bicyclic) bond motifs is 1. The van der Waals surface area contributed by atoms with E-state index in [1.165, 1.54) is 32.4 Å². The van der Waals surface area contributed by atoms with E-state index < -0.39 is 6.09 Å². The van der Waals surface area contributed by atoms with Crippen LogP contribution in [0.1, 0.15) is 0 Å². The first-order valence-electron chi connectivity index (χ1n) is 8.16. The summed E-state index contributed by atoms with van der Waals surface area (Å²) in [5.74, 6) is 1.16. The van der Waals surface area contributed by atoms with Crippen LogP contribution in [0, 0.1) is 0 Å². The van der Waals surface area contributed by atoms with Crippen LogP contribution < -0.4 is 24.3 Å². The number of carbonyl (C=O) groups is 1. The highest BCUT2D eigenvalue weighted by molar-refractivity contribution is 6.32. The van der Waals surface area contributed by atoms with E-state index in [1.54, 1.807) is 31.4 Å². The van der Waals surface area contributed by atoms with Gasteiger partial charge in [0.05, 0.1) is 32.0 Å². The second-order valence-corrected chi connectivity index (χ2v) is 6.14. The summed E-state index contributed by atoms with van der Waals surface area (Å²) in [6.45, 7) is 0. The average molecular weight is 404 g/mol. The van der Waals surface area contributed by atoms with Crippen molar-refractivity contribution < 1.29 is 28.8 Å². The van der Waals surface area contributed by atoms with Gasteiger partial charge in [-0.25, -0.2) is 4.79 Å². The van der Waals surface area contributed by atoms with Gasteiger partial charge in [0, 0.05) is 12.1 Å². The summed E-state index contributed by atoms with van der Waals surface area (Å²) < 4.78 is 20.8. The van der Waals surface area contributed by atoms with E-state index in [0.717, 1.165) is 10.8 Å². The zero-order chi connectivity index (χ0) is 20.3. The summed E-state index contributed by atoms with van der Waals surface area (Å²) in [6.07, 6.45) is -0.819. The SMILES string of the molecule is COc1ccc2cc(O)c(OC(=O)Nc3cc(OC)c(Cl)cc3OC)cc2c1. The molecule has 8 heteroatoms. The van der Waals surface area contributed by atoms with Crippen LogP contribution in [-0.2, 0) is 0 Å². The molecule has 0 atom stereocenters. The highest BCUT2D eigenvalue weighted by Gasteiger charge is 2.16. The second-order valence-electron chi connectivity index (χ2n) is 5.73. The van der Waals surface area contributed by atoms with E-state index in [-0.39, 0.29) is 11.5 Å². The van der Waals surface area contributed by atoms with Gasteiger partial charge in [-0.3, -0.25) is 5.32 Å². The van der Waals surface area contributed by atoms with Crippen molar-refractivity contribution in [2.45, 2.75) is 0 Å². The molecule has 2 N–H and O–H groups in total. The minimum atomic E-state index is -0.819. The minimum absolute atomic E-state index is 0.00171. The lowest BCUT2D eigenvalue weighted by Gasteiger charge is -2.14. The summed E-state index contributed by atoms with van der Waals surface area (Å²) in [4.78, 5) is 12.3. The Balaban J connectivity index is 1.86.